The predicted octanol–water partition coefficient (Wildman–Crippen LogP) is 1.12. The maximum Gasteiger partial charge on any atom is 0.306 e. The van der Waals surface area contributed by atoms with E-state index in [1.54, 1.807) is 11.9 Å². The number of esters is 1. The average Bonchev–Trinajstić information content (AvgIpc) is 2.93. The predicted molar refractivity (Wildman–Crippen MR) is 73.0 cm³/mol. The monoisotopic (exact) mass is 291 g/mol. The molecule has 0 radical (unpaired) electrons. The van der Waals surface area contributed by atoms with E-state index < -0.39 is 6.10 Å². The number of ether oxygens (including phenoxy) is 3. The van der Waals surface area contributed by atoms with Crippen LogP contribution in [0.5, 0.6) is 11.5 Å². The van der Waals surface area contributed by atoms with Crippen molar-refractivity contribution in [3.63, 3.8) is 0 Å². The summed E-state index contributed by atoms with van der Waals surface area (Å²) in [5, 5.41) is 0. The quantitative estimate of drug-likeness (QED) is 0.781. The molecule has 112 valence electrons. The van der Waals surface area contributed by atoms with Crippen LogP contribution >= 0.6 is 0 Å². The van der Waals surface area contributed by atoms with E-state index in [1.165, 1.54) is 0 Å². The summed E-state index contributed by atoms with van der Waals surface area (Å²) in [5.41, 5.74) is 0.944. The summed E-state index contributed by atoms with van der Waals surface area (Å²) in [6.07, 6.45) is 0.136. The Balaban J connectivity index is 1.65. The molecule has 2 heterocycles. The topological polar surface area (TPSA) is 65.1 Å². The van der Waals surface area contributed by atoms with E-state index in [-0.39, 0.29) is 11.9 Å². The minimum atomic E-state index is -0.639. The Bertz CT molecular complexity index is 571. The van der Waals surface area contributed by atoms with Gasteiger partial charge in [0.2, 0.25) is 0 Å². The van der Waals surface area contributed by atoms with Gasteiger partial charge in [0.15, 0.2) is 17.6 Å². The fourth-order valence-electron chi connectivity index (χ4n) is 2.48. The lowest BCUT2D eigenvalue weighted by Gasteiger charge is -2.22. The maximum absolute atomic E-state index is 12.2. The summed E-state index contributed by atoms with van der Waals surface area (Å²) in [7, 11) is 1.70. The van der Waals surface area contributed by atoms with Crippen molar-refractivity contribution in [3.05, 3.63) is 23.8 Å². The van der Waals surface area contributed by atoms with Crippen LogP contribution in [0.3, 0.4) is 0 Å². The molecule has 0 saturated carbocycles. The van der Waals surface area contributed by atoms with Crippen LogP contribution in [0.25, 0.3) is 0 Å². The third-order valence-electron chi connectivity index (χ3n) is 3.56. The van der Waals surface area contributed by atoms with Crippen molar-refractivity contribution >= 4 is 11.9 Å². The van der Waals surface area contributed by atoms with Crippen molar-refractivity contribution in [1.29, 1.82) is 0 Å². The van der Waals surface area contributed by atoms with Crippen molar-refractivity contribution < 1.29 is 23.8 Å². The van der Waals surface area contributed by atoms with Gasteiger partial charge in [-0.05, 0) is 17.7 Å². The summed E-state index contributed by atoms with van der Waals surface area (Å²) in [6, 6.07) is 5.62. The minimum Gasteiger partial charge on any atom is -0.486 e. The summed E-state index contributed by atoms with van der Waals surface area (Å²) < 4.78 is 16.0. The molecule has 0 aliphatic carbocycles. The van der Waals surface area contributed by atoms with E-state index >= 15 is 0 Å². The Kier molecular flexibility index (Phi) is 3.68. The highest BCUT2D eigenvalue weighted by Crippen LogP contribution is 2.31. The normalized spacial score (nSPS) is 20.0. The first-order chi connectivity index (χ1) is 10.1. The number of likely N-dealkylation sites (N-methyl/N-ethyl adjacent to an activating group) is 1. The molecule has 6 nitrogen and oxygen atoms in total. The number of carbonyl (C=O) groups is 2. The van der Waals surface area contributed by atoms with Crippen molar-refractivity contribution in [1.82, 2.24) is 4.90 Å². The van der Waals surface area contributed by atoms with Crippen molar-refractivity contribution in [2.45, 2.75) is 25.5 Å². The first kappa shape index (κ1) is 13.7. The summed E-state index contributed by atoms with van der Waals surface area (Å²) in [6.45, 7) is 1.52. The summed E-state index contributed by atoms with van der Waals surface area (Å²) >= 11 is 0. The SMILES string of the molecule is CN(Cc1ccc2c(c1)OCCO2)C(=O)[C@H]1CCC(=O)O1. The van der Waals surface area contributed by atoms with Crippen LogP contribution < -0.4 is 9.47 Å². The van der Waals surface area contributed by atoms with Gasteiger partial charge in [0.05, 0.1) is 0 Å². The van der Waals surface area contributed by atoms with Crippen LogP contribution in [-0.2, 0) is 20.9 Å². The molecule has 1 aromatic carbocycles. The molecule has 1 fully saturated rings. The molecule has 2 aliphatic heterocycles. The van der Waals surface area contributed by atoms with E-state index in [1.807, 2.05) is 18.2 Å². The molecule has 2 aliphatic rings. The largest absolute Gasteiger partial charge is 0.486 e. The first-order valence-corrected chi connectivity index (χ1v) is 6.96. The van der Waals surface area contributed by atoms with E-state index in [2.05, 4.69) is 0 Å². The van der Waals surface area contributed by atoms with Crippen molar-refractivity contribution in [3.8, 4) is 11.5 Å². The molecule has 21 heavy (non-hydrogen) atoms. The lowest BCUT2D eigenvalue weighted by Crippen LogP contribution is -2.35. The zero-order valence-electron chi connectivity index (χ0n) is 11.8. The molecule has 0 unspecified atom stereocenters. The van der Waals surface area contributed by atoms with Crippen LogP contribution in [0.2, 0.25) is 0 Å². The highest BCUT2D eigenvalue weighted by molar-refractivity contribution is 5.86. The van der Waals surface area contributed by atoms with Gasteiger partial charge in [-0.15, -0.1) is 0 Å². The molecule has 0 N–H and O–H groups in total. The lowest BCUT2D eigenvalue weighted by atomic mass is 10.1. The van der Waals surface area contributed by atoms with Gasteiger partial charge in [-0.3, -0.25) is 9.59 Å². The average molecular weight is 291 g/mol. The van der Waals surface area contributed by atoms with Gasteiger partial charge in [0.25, 0.3) is 5.91 Å². The Morgan fingerprint density at radius 2 is 2.05 bits per heavy atom. The molecule has 3 rings (SSSR count). The Hall–Kier alpha value is -2.24. The molecule has 0 aromatic heterocycles. The van der Waals surface area contributed by atoms with Gasteiger partial charge in [0.1, 0.15) is 13.2 Å². The highest BCUT2D eigenvalue weighted by atomic mass is 16.6. The number of cyclic esters (lactones) is 1. The number of hydrogen-bond donors (Lipinski definition) is 0. The second-order valence-corrected chi connectivity index (χ2v) is 5.19. The summed E-state index contributed by atoms with van der Waals surface area (Å²) in [5.74, 6) is 0.951. The van der Waals surface area contributed by atoms with Crippen LogP contribution in [0.1, 0.15) is 18.4 Å². The van der Waals surface area contributed by atoms with Gasteiger partial charge >= 0.3 is 5.97 Å². The van der Waals surface area contributed by atoms with E-state index in [9.17, 15) is 9.59 Å². The molecule has 1 saturated heterocycles. The standard InChI is InChI=1S/C15H17NO5/c1-16(15(18)12-4-5-14(17)21-12)9-10-2-3-11-13(8-10)20-7-6-19-11/h2-3,8,12H,4-7,9H2,1H3/t12-/m1/s1. The van der Waals surface area contributed by atoms with Crippen molar-refractivity contribution in [2.75, 3.05) is 20.3 Å². The molecular weight excluding hydrogens is 274 g/mol. The minimum absolute atomic E-state index is 0.171. The zero-order chi connectivity index (χ0) is 14.8. The molecule has 0 bridgehead atoms. The Labute approximate surface area is 122 Å². The van der Waals surface area contributed by atoms with Gasteiger partial charge in [-0.2, -0.15) is 0 Å². The fourth-order valence-corrected chi connectivity index (χ4v) is 2.48. The number of benzene rings is 1. The Morgan fingerprint density at radius 3 is 2.76 bits per heavy atom. The fraction of sp³-hybridized carbons (Fsp3) is 0.467. The molecule has 1 aromatic rings. The Morgan fingerprint density at radius 1 is 1.29 bits per heavy atom. The van der Waals surface area contributed by atoms with Crippen LogP contribution in [0, 0.1) is 0 Å². The van der Waals surface area contributed by atoms with Gasteiger partial charge < -0.3 is 19.1 Å². The maximum atomic E-state index is 12.2. The third-order valence-corrected chi connectivity index (χ3v) is 3.56. The molecule has 0 spiro atoms. The summed E-state index contributed by atoms with van der Waals surface area (Å²) in [4.78, 5) is 24.8. The number of fused-ring (bicyclic) bond motifs is 1. The number of amides is 1. The molecule has 1 amide bonds. The van der Waals surface area contributed by atoms with Crippen LogP contribution in [0.15, 0.2) is 18.2 Å². The van der Waals surface area contributed by atoms with Gasteiger partial charge in [-0.1, -0.05) is 6.07 Å². The van der Waals surface area contributed by atoms with Gasteiger partial charge in [-0.25, -0.2) is 0 Å². The molecule has 6 heteroatoms. The van der Waals surface area contributed by atoms with Gasteiger partial charge in [0, 0.05) is 26.4 Å². The van der Waals surface area contributed by atoms with E-state index in [0.29, 0.717) is 38.3 Å². The number of carbonyl (C=O) groups excluding carboxylic acids is 2. The second-order valence-electron chi connectivity index (χ2n) is 5.19. The third kappa shape index (κ3) is 2.94. The smallest absolute Gasteiger partial charge is 0.306 e. The van der Waals surface area contributed by atoms with Crippen LogP contribution in [-0.4, -0.2) is 43.1 Å². The lowest BCUT2D eigenvalue weighted by molar-refractivity contribution is -0.152. The number of rotatable bonds is 3. The van der Waals surface area contributed by atoms with Crippen molar-refractivity contribution in [2.24, 2.45) is 0 Å². The number of nitrogens with zero attached hydrogens (tertiary/aromatic N) is 1. The van der Waals surface area contributed by atoms with E-state index in [0.717, 1.165) is 11.3 Å². The molecule has 1 atom stereocenters. The zero-order valence-corrected chi connectivity index (χ0v) is 11.8. The second kappa shape index (κ2) is 5.63. The molecular formula is C15H17NO5. The van der Waals surface area contributed by atoms with E-state index in [4.69, 9.17) is 14.2 Å². The van der Waals surface area contributed by atoms with Crippen LogP contribution in [0.4, 0.5) is 0 Å². The number of hydrogen-bond acceptors (Lipinski definition) is 5. The first-order valence-electron chi connectivity index (χ1n) is 6.96. The highest BCUT2D eigenvalue weighted by Gasteiger charge is 2.31.